The highest BCUT2D eigenvalue weighted by atomic mass is 16.5. The van der Waals surface area contributed by atoms with Gasteiger partial charge in [0.05, 0.1) is 30.5 Å². The van der Waals surface area contributed by atoms with E-state index in [9.17, 15) is 9.59 Å². The maximum absolute atomic E-state index is 12.2. The monoisotopic (exact) mass is 359 g/mol. The quantitative estimate of drug-likeness (QED) is 0.716. The zero-order valence-corrected chi connectivity index (χ0v) is 15.3. The molecule has 26 heavy (non-hydrogen) atoms. The molecule has 0 saturated carbocycles. The van der Waals surface area contributed by atoms with Crippen LogP contribution >= 0.6 is 0 Å². The van der Waals surface area contributed by atoms with E-state index >= 15 is 0 Å². The van der Waals surface area contributed by atoms with E-state index in [4.69, 9.17) is 9.84 Å². The molecule has 1 aromatic carbocycles. The molecular formula is C19H25N3O4. The van der Waals surface area contributed by atoms with Crippen molar-refractivity contribution in [2.24, 2.45) is 5.92 Å². The van der Waals surface area contributed by atoms with Gasteiger partial charge >= 0.3 is 5.97 Å². The van der Waals surface area contributed by atoms with Crippen molar-refractivity contribution in [2.45, 2.75) is 39.7 Å². The third-order valence-electron chi connectivity index (χ3n) is 3.77. The van der Waals surface area contributed by atoms with E-state index in [0.29, 0.717) is 23.9 Å². The fourth-order valence-electron chi connectivity index (χ4n) is 2.65. The second kappa shape index (κ2) is 9.15. The summed E-state index contributed by atoms with van der Waals surface area (Å²) < 4.78 is 7.09. The second-order valence-corrected chi connectivity index (χ2v) is 6.58. The topological polar surface area (TPSA) is 93.5 Å². The van der Waals surface area contributed by atoms with Gasteiger partial charge in [-0.25, -0.2) is 9.48 Å². The number of anilines is 1. The van der Waals surface area contributed by atoms with Gasteiger partial charge in [-0.3, -0.25) is 4.79 Å². The maximum atomic E-state index is 12.2. The number of aromatic nitrogens is 2. The average molecular weight is 359 g/mol. The van der Waals surface area contributed by atoms with Crippen LogP contribution in [0.1, 0.15) is 44.1 Å². The highest BCUT2D eigenvalue weighted by molar-refractivity contribution is 5.93. The average Bonchev–Trinajstić information content (AvgIpc) is 3.04. The fourth-order valence-corrected chi connectivity index (χ4v) is 2.65. The Hall–Kier alpha value is -2.67. The molecule has 1 heterocycles. The van der Waals surface area contributed by atoms with E-state index < -0.39 is 5.97 Å². The van der Waals surface area contributed by atoms with Gasteiger partial charge in [0, 0.05) is 6.20 Å². The van der Waals surface area contributed by atoms with E-state index in [1.54, 1.807) is 30.5 Å². The predicted molar refractivity (Wildman–Crippen MR) is 98.6 cm³/mol. The number of hydrogen-bond acceptors (Lipinski definition) is 4. The standard InChI is InChI=1S/C19H25N3O4/c1-13(2)12-14(3)26-11-9-18(23)20-15-6-4-5-7-17(15)22-10-8-16(21-22)19(24)25/h4-8,10,13-14H,9,11-12H2,1-3H3,(H,20,23)(H,24,25). The molecule has 1 unspecified atom stereocenters. The molecule has 1 aromatic heterocycles. The number of amides is 1. The normalized spacial score (nSPS) is 12.2. The number of aromatic carboxylic acids is 1. The van der Waals surface area contributed by atoms with Gasteiger partial charge in [0.25, 0.3) is 0 Å². The minimum atomic E-state index is -1.10. The van der Waals surface area contributed by atoms with Crippen molar-refractivity contribution >= 4 is 17.6 Å². The first-order chi connectivity index (χ1) is 12.4. The lowest BCUT2D eigenvalue weighted by Gasteiger charge is -2.15. The minimum Gasteiger partial charge on any atom is -0.476 e. The van der Waals surface area contributed by atoms with Crippen molar-refractivity contribution in [3.63, 3.8) is 0 Å². The van der Waals surface area contributed by atoms with E-state index in [2.05, 4.69) is 24.3 Å². The third-order valence-corrected chi connectivity index (χ3v) is 3.77. The first kappa shape index (κ1) is 19.7. The number of para-hydroxylation sites is 2. The van der Waals surface area contributed by atoms with Gasteiger partial charge in [-0.1, -0.05) is 26.0 Å². The molecule has 0 bridgehead atoms. The Labute approximate surface area is 153 Å². The summed E-state index contributed by atoms with van der Waals surface area (Å²) >= 11 is 0. The van der Waals surface area contributed by atoms with E-state index in [1.807, 2.05) is 6.92 Å². The number of carbonyl (C=O) groups excluding carboxylic acids is 1. The van der Waals surface area contributed by atoms with Crippen molar-refractivity contribution in [3.8, 4) is 5.69 Å². The Bertz CT molecular complexity index is 755. The number of nitrogens with zero attached hydrogens (tertiary/aromatic N) is 2. The first-order valence-corrected chi connectivity index (χ1v) is 8.66. The summed E-state index contributed by atoms with van der Waals surface area (Å²) in [6.45, 7) is 6.63. The SMILES string of the molecule is CC(C)CC(C)OCCC(=O)Nc1ccccc1-n1ccc(C(=O)O)n1. The van der Waals surface area contributed by atoms with Crippen LogP contribution in [0.3, 0.4) is 0 Å². The molecule has 2 aromatic rings. The van der Waals surface area contributed by atoms with Crippen molar-refractivity contribution < 1.29 is 19.4 Å². The van der Waals surface area contributed by atoms with Gasteiger partial charge in [0.2, 0.25) is 5.91 Å². The lowest BCUT2D eigenvalue weighted by atomic mass is 10.1. The van der Waals surface area contributed by atoms with Crippen LogP contribution in [0.15, 0.2) is 36.5 Å². The number of carboxylic acid groups (broad SMARTS) is 1. The Morgan fingerprint density at radius 3 is 2.62 bits per heavy atom. The number of rotatable bonds is 9. The number of carbonyl (C=O) groups is 2. The van der Waals surface area contributed by atoms with Crippen LogP contribution in [0, 0.1) is 5.92 Å². The molecule has 0 fully saturated rings. The summed E-state index contributed by atoms with van der Waals surface area (Å²) in [5.74, 6) is -0.715. The molecule has 1 atom stereocenters. The number of ether oxygens (including phenoxy) is 1. The molecule has 7 heteroatoms. The number of benzene rings is 1. The molecule has 0 spiro atoms. The summed E-state index contributed by atoms with van der Waals surface area (Å²) in [6, 6.07) is 8.50. The molecule has 7 nitrogen and oxygen atoms in total. The van der Waals surface area contributed by atoms with Gasteiger partial charge < -0.3 is 15.2 Å². The highest BCUT2D eigenvalue weighted by Gasteiger charge is 2.12. The van der Waals surface area contributed by atoms with Crippen LogP contribution in [0.25, 0.3) is 5.69 Å². The molecule has 0 aliphatic carbocycles. The van der Waals surface area contributed by atoms with Crippen molar-refractivity contribution in [3.05, 3.63) is 42.2 Å². The van der Waals surface area contributed by atoms with E-state index in [-0.39, 0.29) is 24.1 Å². The third kappa shape index (κ3) is 5.70. The molecular weight excluding hydrogens is 334 g/mol. The Balaban J connectivity index is 1.97. The van der Waals surface area contributed by atoms with Crippen molar-refractivity contribution in [2.75, 3.05) is 11.9 Å². The summed E-state index contributed by atoms with van der Waals surface area (Å²) in [6.07, 6.45) is 2.87. The summed E-state index contributed by atoms with van der Waals surface area (Å²) in [4.78, 5) is 23.2. The highest BCUT2D eigenvalue weighted by Crippen LogP contribution is 2.20. The Kier molecular flexibility index (Phi) is 6.91. The number of carboxylic acids is 1. The van der Waals surface area contributed by atoms with Gasteiger partial charge in [-0.15, -0.1) is 0 Å². The maximum Gasteiger partial charge on any atom is 0.356 e. The van der Waals surface area contributed by atoms with Crippen LogP contribution in [0.4, 0.5) is 5.69 Å². The van der Waals surface area contributed by atoms with Crippen molar-refractivity contribution in [1.29, 1.82) is 0 Å². The first-order valence-electron chi connectivity index (χ1n) is 8.66. The molecule has 0 aliphatic heterocycles. The van der Waals surface area contributed by atoms with E-state index in [1.165, 1.54) is 10.7 Å². The summed E-state index contributed by atoms with van der Waals surface area (Å²) in [7, 11) is 0. The number of nitrogens with one attached hydrogen (secondary N) is 1. The largest absolute Gasteiger partial charge is 0.476 e. The molecule has 2 rings (SSSR count). The van der Waals surface area contributed by atoms with Gasteiger partial charge in [-0.2, -0.15) is 5.10 Å². The van der Waals surface area contributed by atoms with Crippen LogP contribution in [-0.2, 0) is 9.53 Å². The van der Waals surface area contributed by atoms with Gasteiger partial charge in [0.1, 0.15) is 0 Å². The fraction of sp³-hybridized carbons (Fsp3) is 0.421. The van der Waals surface area contributed by atoms with Gasteiger partial charge in [-0.05, 0) is 37.5 Å². The zero-order valence-electron chi connectivity index (χ0n) is 15.3. The zero-order chi connectivity index (χ0) is 19.1. The van der Waals surface area contributed by atoms with Crippen molar-refractivity contribution in [1.82, 2.24) is 9.78 Å². The summed E-state index contributed by atoms with van der Waals surface area (Å²) in [5.41, 5.74) is 1.11. The second-order valence-electron chi connectivity index (χ2n) is 6.58. The molecule has 0 radical (unpaired) electrons. The van der Waals surface area contributed by atoms with Crippen LogP contribution in [-0.4, -0.2) is 39.5 Å². The molecule has 1 amide bonds. The molecule has 140 valence electrons. The molecule has 2 N–H and O–H groups in total. The van der Waals surface area contributed by atoms with Gasteiger partial charge in [0.15, 0.2) is 5.69 Å². The van der Waals surface area contributed by atoms with Crippen LogP contribution < -0.4 is 5.32 Å². The Morgan fingerprint density at radius 2 is 1.96 bits per heavy atom. The molecule has 0 aliphatic rings. The lowest BCUT2D eigenvalue weighted by Crippen LogP contribution is -2.18. The van der Waals surface area contributed by atoms with Crippen LogP contribution in [0.5, 0.6) is 0 Å². The minimum absolute atomic E-state index is 0.0568. The number of hydrogen-bond donors (Lipinski definition) is 2. The molecule has 0 saturated heterocycles. The van der Waals surface area contributed by atoms with Crippen LogP contribution in [0.2, 0.25) is 0 Å². The predicted octanol–water partition coefficient (Wildman–Crippen LogP) is 3.35. The van der Waals surface area contributed by atoms with E-state index in [0.717, 1.165) is 6.42 Å². The Morgan fingerprint density at radius 1 is 1.23 bits per heavy atom. The summed E-state index contributed by atoms with van der Waals surface area (Å²) in [5, 5.41) is 15.8. The smallest absolute Gasteiger partial charge is 0.356 e. The lowest BCUT2D eigenvalue weighted by molar-refractivity contribution is -0.117.